The van der Waals surface area contributed by atoms with Crippen LogP contribution in [0.25, 0.3) is 0 Å². The number of ether oxygens (including phenoxy) is 1. The van der Waals surface area contributed by atoms with Crippen molar-refractivity contribution in [1.82, 2.24) is 14.8 Å². The van der Waals surface area contributed by atoms with Crippen LogP contribution >= 0.6 is 0 Å². The molecule has 0 radical (unpaired) electrons. The Bertz CT molecular complexity index is 345. The molecule has 96 valence electrons. The Balaban J connectivity index is 1.88. The molecule has 1 aliphatic heterocycles. The zero-order chi connectivity index (χ0) is 12.3. The van der Waals surface area contributed by atoms with Gasteiger partial charge in [0, 0.05) is 25.7 Å². The number of aliphatic hydroxyl groups excluding tert-OH is 1. The van der Waals surface area contributed by atoms with Crippen LogP contribution in [0.1, 0.15) is 38.6 Å². The minimum absolute atomic E-state index is 0.287. The lowest BCUT2D eigenvalue weighted by molar-refractivity contribution is 0.126. The van der Waals surface area contributed by atoms with Crippen LogP contribution < -0.4 is 0 Å². The molecule has 0 bridgehead atoms. The van der Waals surface area contributed by atoms with Crippen molar-refractivity contribution in [2.75, 3.05) is 13.2 Å². The molecule has 1 fully saturated rings. The van der Waals surface area contributed by atoms with Crippen LogP contribution in [0.3, 0.4) is 0 Å². The molecular weight excluding hydrogens is 218 g/mol. The zero-order valence-corrected chi connectivity index (χ0v) is 10.5. The summed E-state index contributed by atoms with van der Waals surface area (Å²) in [4.78, 5) is 4.21. The van der Waals surface area contributed by atoms with Gasteiger partial charge >= 0.3 is 0 Å². The van der Waals surface area contributed by atoms with E-state index in [1.165, 1.54) is 0 Å². The van der Waals surface area contributed by atoms with E-state index in [1.54, 1.807) is 6.33 Å². The second kappa shape index (κ2) is 5.60. The SMILES string of the molecule is CC(C)n1ncnc1CC(O)CC1CCOC1. The molecule has 2 unspecified atom stereocenters. The van der Waals surface area contributed by atoms with Crippen molar-refractivity contribution in [2.24, 2.45) is 5.92 Å². The first-order valence-electron chi connectivity index (χ1n) is 6.31. The summed E-state index contributed by atoms with van der Waals surface area (Å²) >= 11 is 0. The summed E-state index contributed by atoms with van der Waals surface area (Å²) in [6.45, 7) is 5.75. The molecule has 1 saturated heterocycles. The second-order valence-electron chi connectivity index (χ2n) is 5.04. The predicted octanol–water partition coefficient (Wildman–Crippen LogP) is 1.19. The summed E-state index contributed by atoms with van der Waals surface area (Å²) in [7, 11) is 0. The maximum atomic E-state index is 10.1. The summed E-state index contributed by atoms with van der Waals surface area (Å²) in [5.41, 5.74) is 0. The molecule has 2 rings (SSSR count). The smallest absolute Gasteiger partial charge is 0.138 e. The fraction of sp³-hybridized carbons (Fsp3) is 0.833. The highest BCUT2D eigenvalue weighted by Gasteiger charge is 2.21. The van der Waals surface area contributed by atoms with Crippen molar-refractivity contribution in [3.8, 4) is 0 Å². The summed E-state index contributed by atoms with van der Waals surface area (Å²) in [5.74, 6) is 1.37. The average molecular weight is 239 g/mol. The molecule has 2 atom stereocenters. The van der Waals surface area contributed by atoms with Gasteiger partial charge in [-0.1, -0.05) is 0 Å². The van der Waals surface area contributed by atoms with Gasteiger partial charge in [0.1, 0.15) is 12.2 Å². The first-order valence-corrected chi connectivity index (χ1v) is 6.31. The summed E-state index contributed by atoms with van der Waals surface area (Å²) in [6.07, 6.45) is 3.65. The van der Waals surface area contributed by atoms with Crippen molar-refractivity contribution in [3.63, 3.8) is 0 Å². The Kier molecular flexibility index (Phi) is 4.12. The first-order chi connectivity index (χ1) is 8.16. The van der Waals surface area contributed by atoms with Crippen molar-refractivity contribution >= 4 is 0 Å². The van der Waals surface area contributed by atoms with E-state index in [4.69, 9.17) is 4.74 Å². The topological polar surface area (TPSA) is 60.2 Å². The molecule has 0 aromatic carbocycles. The van der Waals surface area contributed by atoms with Gasteiger partial charge < -0.3 is 9.84 Å². The van der Waals surface area contributed by atoms with Gasteiger partial charge in [-0.15, -0.1) is 0 Å². The molecule has 0 saturated carbocycles. The Hall–Kier alpha value is -0.940. The minimum Gasteiger partial charge on any atom is -0.393 e. The van der Waals surface area contributed by atoms with Crippen molar-refractivity contribution in [1.29, 1.82) is 0 Å². The highest BCUT2D eigenvalue weighted by atomic mass is 16.5. The third-order valence-electron chi connectivity index (χ3n) is 3.18. The number of rotatable bonds is 5. The number of hydrogen-bond donors (Lipinski definition) is 1. The largest absolute Gasteiger partial charge is 0.393 e. The number of nitrogens with zero attached hydrogens (tertiary/aromatic N) is 3. The highest BCUT2D eigenvalue weighted by Crippen LogP contribution is 2.20. The number of aliphatic hydroxyl groups is 1. The first kappa shape index (κ1) is 12.5. The molecule has 0 amide bonds. The lowest BCUT2D eigenvalue weighted by Gasteiger charge is -2.15. The third kappa shape index (κ3) is 3.26. The molecule has 5 nitrogen and oxygen atoms in total. The Morgan fingerprint density at radius 2 is 2.41 bits per heavy atom. The van der Waals surface area contributed by atoms with E-state index < -0.39 is 0 Å². The molecule has 2 heterocycles. The highest BCUT2D eigenvalue weighted by molar-refractivity contribution is 4.89. The van der Waals surface area contributed by atoms with E-state index >= 15 is 0 Å². The molecule has 5 heteroatoms. The van der Waals surface area contributed by atoms with Gasteiger partial charge in [-0.25, -0.2) is 9.67 Å². The molecule has 1 aromatic heterocycles. The van der Waals surface area contributed by atoms with Gasteiger partial charge in [0.2, 0.25) is 0 Å². The van der Waals surface area contributed by atoms with Gasteiger partial charge in [0.15, 0.2) is 0 Å². The van der Waals surface area contributed by atoms with Gasteiger partial charge in [0.25, 0.3) is 0 Å². The normalized spacial score (nSPS) is 22.2. The number of aromatic nitrogens is 3. The van der Waals surface area contributed by atoms with Crippen LogP contribution in [0, 0.1) is 5.92 Å². The molecule has 1 N–H and O–H groups in total. The van der Waals surface area contributed by atoms with Crippen molar-refractivity contribution < 1.29 is 9.84 Å². The zero-order valence-electron chi connectivity index (χ0n) is 10.5. The van der Waals surface area contributed by atoms with Crippen LogP contribution in [0.5, 0.6) is 0 Å². The molecule has 17 heavy (non-hydrogen) atoms. The lowest BCUT2D eigenvalue weighted by Crippen LogP contribution is -2.20. The van der Waals surface area contributed by atoms with E-state index in [1.807, 2.05) is 4.68 Å². The quantitative estimate of drug-likeness (QED) is 0.838. The van der Waals surface area contributed by atoms with Gasteiger partial charge in [0.05, 0.1) is 6.10 Å². The summed E-state index contributed by atoms with van der Waals surface area (Å²) in [5, 5.41) is 14.2. The Labute approximate surface area is 102 Å². The van der Waals surface area contributed by atoms with Crippen LogP contribution in [0.15, 0.2) is 6.33 Å². The third-order valence-corrected chi connectivity index (χ3v) is 3.18. The van der Waals surface area contributed by atoms with Crippen LogP contribution in [0.4, 0.5) is 0 Å². The van der Waals surface area contributed by atoms with E-state index in [0.717, 1.165) is 31.9 Å². The molecule has 1 aliphatic rings. The van der Waals surface area contributed by atoms with E-state index in [0.29, 0.717) is 12.3 Å². The fourth-order valence-electron chi connectivity index (χ4n) is 2.30. The Morgan fingerprint density at radius 3 is 3.06 bits per heavy atom. The van der Waals surface area contributed by atoms with Crippen molar-refractivity contribution in [3.05, 3.63) is 12.2 Å². The summed E-state index contributed by atoms with van der Waals surface area (Å²) < 4.78 is 7.18. The molecule has 1 aromatic rings. The van der Waals surface area contributed by atoms with Crippen molar-refractivity contribution in [2.45, 2.75) is 45.3 Å². The van der Waals surface area contributed by atoms with Gasteiger partial charge in [-0.2, -0.15) is 5.10 Å². The molecular formula is C12H21N3O2. The van der Waals surface area contributed by atoms with Crippen LogP contribution in [0.2, 0.25) is 0 Å². The molecule has 0 aliphatic carbocycles. The fourth-order valence-corrected chi connectivity index (χ4v) is 2.30. The second-order valence-corrected chi connectivity index (χ2v) is 5.04. The van der Waals surface area contributed by atoms with E-state index in [-0.39, 0.29) is 12.1 Å². The van der Waals surface area contributed by atoms with E-state index in [9.17, 15) is 5.11 Å². The maximum absolute atomic E-state index is 10.1. The lowest BCUT2D eigenvalue weighted by atomic mass is 9.99. The standard InChI is InChI=1S/C12H21N3O2/c1-9(2)15-12(13-8-14-15)6-11(16)5-10-3-4-17-7-10/h8-11,16H,3-7H2,1-2H3. The average Bonchev–Trinajstić information content (AvgIpc) is 2.88. The summed E-state index contributed by atoms with van der Waals surface area (Å²) in [6, 6.07) is 0.287. The van der Waals surface area contributed by atoms with E-state index in [2.05, 4.69) is 23.9 Å². The maximum Gasteiger partial charge on any atom is 0.138 e. The van der Waals surface area contributed by atoms with Crippen LogP contribution in [-0.4, -0.2) is 39.2 Å². The number of hydrogen-bond acceptors (Lipinski definition) is 4. The monoisotopic (exact) mass is 239 g/mol. The molecule has 0 spiro atoms. The van der Waals surface area contributed by atoms with Crippen LogP contribution in [-0.2, 0) is 11.2 Å². The minimum atomic E-state index is -0.344. The van der Waals surface area contributed by atoms with Gasteiger partial charge in [-0.3, -0.25) is 0 Å². The predicted molar refractivity (Wildman–Crippen MR) is 63.7 cm³/mol. The van der Waals surface area contributed by atoms with Gasteiger partial charge in [-0.05, 0) is 32.6 Å². The Morgan fingerprint density at radius 1 is 1.59 bits per heavy atom.